The van der Waals surface area contributed by atoms with Gasteiger partial charge in [-0.2, -0.15) is 0 Å². The summed E-state index contributed by atoms with van der Waals surface area (Å²) >= 11 is 0. The van der Waals surface area contributed by atoms with Crippen molar-refractivity contribution < 1.29 is 28.5 Å². The van der Waals surface area contributed by atoms with Gasteiger partial charge in [-0.25, -0.2) is 4.79 Å². The monoisotopic (exact) mass is 411 g/mol. The van der Waals surface area contributed by atoms with Crippen LogP contribution in [0.5, 0.6) is 17.2 Å². The van der Waals surface area contributed by atoms with Crippen LogP contribution in [-0.2, 0) is 14.3 Å². The zero-order chi connectivity index (χ0) is 22.3. The maximum atomic E-state index is 12.7. The van der Waals surface area contributed by atoms with Gasteiger partial charge in [-0.05, 0) is 41.8 Å². The van der Waals surface area contributed by atoms with E-state index in [4.69, 9.17) is 24.7 Å². The summed E-state index contributed by atoms with van der Waals surface area (Å²) in [4.78, 5) is 25.0. The highest BCUT2D eigenvalue weighted by Gasteiger charge is 2.25. The molecule has 0 aliphatic rings. The number of benzene rings is 2. The fourth-order valence-corrected chi connectivity index (χ4v) is 2.99. The molecule has 0 radical (unpaired) electrons. The predicted octanol–water partition coefficient (Wildman–Crippen LogP) is 3.23. The third kappa shape index (κ3) is 4.81. The van der Waals surface area contributed by atoms with Crippen molar-refractivity contribution in [3.63, 3.8) is 0 Å². The van der Waals surface area contributed by atoms with E-state index in [2.05, 4.69) is 0 Å². The Balaban J connectivity index is 2.80. The van der Waals surface area contributed by atoms with Crippen molar-refractivity contribution in [1.82, 2.24) is 0 Å². The summed E-state index contributed by atoms with van der Waals surface area (Å²) in [5, 5.41) is 0. The maximum Gasteiger partial charge on any atom is 0.338 e. The molecule has 0 atom stereocenters. The number of allylic oxidation sites excluding steroid dienone is 1. The van der Waals surface area contributed by atoms with Crippen molar-refractivity contribution in [3.05, 3.63) is 64.7 Å². The Kier molecular flexibility index (Phi) is 7.63. The first kappa shape index (κ1) is 22.5. The van der Waals surface area contributed by atoms with Crippen LogP contribution in [-0.4, -0.2) is 40.3 Å². The summed E-state index contributed by atoms with van der Waals surface area (Å²) in [7, 11) is 5.72. The zero-order valence-electron chi connectivity index (χ0n) is 17.6. The average Bonchev–Trinajstić information content (AvgIpc) is 2.77. The summed E-state index contributed by atoms with van der Waals surface area (Å²) < 4.78 is 21.1. The van der Waals surface area contributed by atoms with Gasteiger partial charge in [0.05, 0.1) is 39.6 Å². The minimum Gasteiger partial charge on any atom is -0.493 e. The summed E-state index contributed by atoms with van der Waals surface area (Å²) in [6, 6.07) is 12.4. The highest BCUT2D eigenvalue weighted by molar-refractivity contribution is 6.15. The molecule has 2 aromatic rings. The molecule has 7 nitrogen and oxygen atoms in total. The van der Waals surface area contributed by atoms with Crippen molar-refractivity contribution in [2.75, 3.05) is 28.4 Å². The Morgan fingerprint density at radius 2 is 1.47 bits per heavy atom. The van der Waals surface area contributed by atoms with Crippen LogP contribution in [0.2, 0.25) is 0 Å². The van der Waals surface area contributed by atoms with E-state index in [0.29, 0.717) is 33.9 Å². The van der Waals surface area contributed by atoms with Gasteiger partial charge in [0.1, 0.15) is 0 Å². The smallest absolute Gasteiger partial charge is 0.338 e. The lowest BCUT2D eigenvalue weighted by Gasteiger charge is -2.17. The minimum atomic E-state index is -0.758. The number of rotatable bonds is 8. The zero-order valence-corrected chi connectivity index (χ0v) is 17.6. The van der Waals surface area contributed by atoms with Gasteiger partial charge >= 0.3 is 5.97 Å². The number of methoxy groups -OCH3 is 4. The number of hydrogen-bond acceptors (Lipinski definition) is 6. The van der Waals surface area contributed by atoms with Gasteiger partial charge in [0, 0.05) is 0 Å². The molecule has 2 N–H and O–H groups in total. The molecule has 0 aliphatic carbocycles. The van der Waals surface area contributed by atoms with E-state index in [1.807, 2.05) is 18.2 Å². The number of carbonyl (C=O) groups is 2. The van der Waals surface area contributed by atoms with Gasteiger partial charge in [-0.15, -0.1) is 0 Å². The molecule has 158 valence electrons. The van der Waals surface area contributed by atoms with Crippen LogP contribution in [0.1, 0.15) is 18.1 Å². The molecule has 0 spiro atoms. The summed E-state index contributed by atoms with van der Waals surface area (Å²) in [6.07, 6.45) is 1.55. The molecule has 0 saturated heterocycles. The SMILES string of the molecule is COC(=O)C(/C(=C\c1ccccc1)C(N)=O)=C(\C)c1cc(OC)c(OC)c(OC)c1. The van der Waals surface area contributed by atoms with Gasteiger partial charge in [-0.3, -0.25) is 4.79 Å². The van der Waals surface area contributed by atoms with E-state index in [1.165, 1.54) is 28.4 Å². The molecule has 2 aromatic carbocycles. The van der Waals surface area contributed by atoms with Gasteiger partial charge < -0.3 is 24.7 Å². The molecule has 0 fully saturated rings. The van der Waals surface area contributed by atoms with Gasteiger partial charge in [0.2, 0.25) is 11.7 Å². The second-order valence-electron chi connectivity index (χ2n) is 6.24. The summed E-state index contributed by atoms with van der Waals surface area (Å²) in [5.74, 6) is -0.231. The number of carbonyl (C=O) groups excluding carboxylic acids is 2. The Bertz CT molecular complexity index is 967. The number of ether oxygens (including phenoxy) is 4. The molecule has 0 heterocycles. The van der Waals surface area contributed by atoms with Gasteiger partial charge in [0.25, 0.3) is 0 Å². The predicted molar refractivity (Wildman–Crippen MR) is 114 cm³/mol. The molecule has 0 aliphatic heterocycles. The normalized spacial score (nSPS) is 12.0. The van der Waals surface area contributed by atoms with Gasteiger partial charge in [-0.1, -0.05) is 30.3 Å². The third-order valence-electron chi connectivity index (χ3n) is 4.51. The fraction of sp³-hybridized carbons (Fsp3) is 0.217. The first-order valence-corrected chi connectivity index (χ1v) is 9.04. The van der Waals surface area contributed by atoms with E-state index in [0.717, 1.165) is 0 Å². The van der Waals surface area contributed by atoms with E-state index in [1.54, 1.807) is 37.3 Å². The van der Waals surface area contributed by atoms with Crippen LogP contribution in [0.25, 0.3) is 11.6 Å². The topological polar surface area (TPSA) is 97.1 Å². The lowest BCUT2D eigenvalue weighted by molar-refractivity contribution is -0.136. The number of esters is 1. The largest absolute Gasteiger partial charge is 0.493 e. The number of primary amides is 1. The standard InChI is InChI=1S/C23H25NO6/c1-14(16-12-18(27-2)21(29-4)19(13-16)28-3)20(23(26)30-5)17(22(24)25)11-15-9-7-6-8-10-15/h6-13H,1-5H3,(H2,24,25)/b17-11+,20-14+. The third-order valence-corrected chi connectivity index (χ3v) is 4.51. The lowest BCUT2D eigenvalue weighted by atomic mass is 9.93. The van der Waals surface area contributed by atoms with Crippen molar-refractivity contribution >= 4 is 23.5 Å². The first-order valence-electron chi connectivity index (χ1n) is 9.04. The first-order chi connectivity index (χ1) is 14.4. The van der Waals surface area contributed by atoms with Crippen LogP contribution in [0.4, 0.5) is 0 Å². The van der Waals surface area contributed by atoms with E-state index in [-0.39, 0.29) is 11.1 Å². The Hall–Kier alpha value is -3.74. The van der Waals surface area contributed by atoms with Crippen LogP contribution >= 0.6 is 0 Å². The molecule has 0 bridgehead atoms. The fourth-order valence-electron chi connectivity index (χ4n) is 2.99. The quantitative estimate of drug-likeness (QED) is 0.407. The summed E-state index contributed by atoms with van der Waals surface area (Å²) in [5.41, 5.74) is 7.45. The molecule has 0 unspecified atom stereocenters. The summed E-state index contributed by atoms with van der Waals surface area (Å²) in [6.45, 7) is 1.69. The number of amides is 1. The molecule has 30 heavy (non-hydrogen) atoms. The lowest BCUT2D eigenvalue weighted by Crippen LogP contribution is -2.21. The molecule has 0 aromatic heterocycles. The highest BCUT2D eigenvalue weighted by Crippen LogP contribution is 2.41. The molecular formula is C23H25NO6. The molecule has 0 saturated carbocycles. The van der Waals surface area contributed by atoms with E-state index < -0.39 is 11.9 Å². The number of hydrogen-bond donors (Lipinski definition) is 1. The van der Waals surface area contributed by atoms with Crippen LogP contribution in [0.15, 0.2) is 53.6 Å². The van der Waals surface area contributed by atoms with E-state index in [9.17, 15) is 9.59 Å². The maximum absolute atomic E-state index is 12.7. The second-order valence-corrected chi connectivity index (χ2v) is 6.24. The van der Waals surface area contributed by atoms with Crippen molar-refractivity contribution in [1.29, 1.82) is 0 Å². The molecule has 7 heteroatoms. The van der Waals surface area contributed by atoms with Crippen LogP contribution in [0, 0.1) is 0 Å². The molecule has 1 amide bonds. The Labute approximate surface area is 175 Å². The molecule has 2 rings (SSSR count). The van der Waals surface area contributed by atoms with E-state index >= 15 is 0 Å². The van der Waals surface area contributed by atoms with Crippen LogP contribution < -0.4 is 19.9 Å². The molecular weight excluding hydrogens is 386 g/mol. The Morgan fingerprint density at radius 1 is 0.900 bits per heavy atom. The average molecular weight is 411 g/mol. The van der Waals surface area contributed by atoms with Crippen molar-refractivity contribution in [3.8, 4) is 17.2 Å². The highest BCUT2D eigenvalue weighted by atomic mass is 16.5. The minimum absolute atomic E-state index is 0.0271. The van der Waals surface area contributed by atoms with Gasteiger partial charge in [0.15, 0.2) is 11.5 Å². The van der Waals surface area contributed by atoms with Crippen molar-refractivity contribution in [2.45, 2.75) is 6.92 Å². The van der Waals surface area contributed by atoms with Crippen molar-refractivity contribution in [2.24, 2.45) is 5.73 Å². The number of nitrogens with two attached hydrogens (primary N) is 1. The Morgan fingerprint density at radius 3 is 1.90 bits per heavy atom. The second kappa shape index (κ2) is 10.2. The van der Waals surface area contributed by atoms with Crippen LogP contribution in [0.3, 0.4) is 0 Å².